The van der Waals surface area contributed by atoms with E-state index in [9.17, 15) is 0 Å². The average molecular weight is 387 g/mol. The van der Waals surface area contributed by atoms with Crippen molar-refractivity contribution in [3.05, 3.63) is 114 Å². The van der Waals surface area contributed by atoms with Crippen LogP contribution in [0.1, 0.15) is 18.2 Å². The van der Waals surface area contributed by atoms with Crippen molar-refractivity contribution < 1.29 is 0 Å². The van der Waals surface area contributed by atoms with E-state index in [1.807, 2.05) is 60.1 Å². The zero-order valence-electron chi connectivity index (χ0n) is 15.5. The molecular weight excluding hydrogens is 368 g/mol. The first-order valence-corrected chi connectivity index (χ1v) is 9.30. The number of rotatable bonds is 4. The van der Waals surface area contributed by atoms with Crippen molar-refractivity contribution in [2.24, 2.45) is 0 Å². The summed E-state index contributed by atoms with van der Waals surface area (Å²) in [5, 5.41) is 5.19. The van der Waals surface area contributed by atoms with Gasteiger partial charge in [0.1, 0.15) is 0 Å². The molecule has 28 heavy (non-hydrogen) atoms. The first-order valence-electron chi connectivity index (χ1n) is 8.92. The fraction of sp³-hybridized carbons (Fsp3) is 0.0435. The van der Waals surface area contributed by atoms with Crippen molar-refractivity contribution in [3.63, 3.8) is 0 Å². The highest BCUT2D eigenvalue weighted by Crippen LogP contribution is 2.31. The predicted molar refractivity (Wildman–Crippen MR) is 115 cm³/mol. The van der Waals surface area contributed by atoms with Crippen LogP contribution in [0.4, 0.5) is 0 Å². The van der Waals surface area contributed by atoms with Gasteiger partial charge < -0.3 is 4.90 Å². The van der Waals surface area contributed by atoms with Gasteiger partial charge in [-0.3, -0.25) is 4.98 Å². The number of pyridine rings is 1. The molecular formula is C23H19ClN4. The fourth-order valence-corrected chi connectivity index (χ4v) is 3.31. The summed E-state index contributed by atoms with van der Waals surface area (Å²) >= 11 is 6.03. The number of hydrogen-bond donors (Lipinski definition) is 0. The van der Waals surface area contributed by atoms with Gasteiger partial charge in [-0.05, 0) is 61.5 Å². The molecule has 0 amide bonds. The van der Waals surface area contributed by atoms with Crippen molar-refractivity contribution >= 4 is 22.9 Å². The summed E-state index contributed by atoms with van der Waals surface area (Å²) in [6, 6.07) is 13.6. The van der Waals surface area contributed by atoms with Gasteiger partial charge in [-0.1, -0.05) is 24.3 Å². The highest BCUT2D eigenvalue weighted by Gasteiger charge is 2.18. The van der Waals surface area contributed by atoms with Gasteiger partial charge in [-0.2, -0.15) is 5.10 Å². The maximum atomic E-state index is 6.03. The lowest BCUT2D eigenvalue weighted by atomic mass is 10.1. The molecule has 0 unspecified atom stereocenters. The Morgan fingerprint density at radius 2 is 1.75 bits per heavy atom. The van der Waals surface area contributed by atoms with Crippen LogP contribution in [0.15, 0.2) is 97.8 Å². The Morgan fingerprint density at radius 3 is 2.46 bits per heavy atom. The van der Waals surface area contributed by atoms with Gasteiger partial charge in [0.2, 0.25) is 0 Å². The van der Waals surface area contributed by atoms with Crippen LogP contribution in [0, 0.1) is 0 Å². The van der Waals surface area contributed by atoms with Crippen molar-refractivity contribution in [2.45, 2.75) is 6.92 Å². The molecule has 4 nitrogen and oxygen atoms in total. The van der Waals surface area contributed by atoms with Crippen molar-refractivity contribution in [3.8, 4) is 5.69 Å². The molecule has 0 saturated heterocycles. The molecule has 5 heteroatoms. The van der Waals surface area contributed by atoms with Crippen molar-refractivity contribution in [2.75, 3.05) is 0 Å². The van der Waals surface area contributed by atoms with E-state index in [0.717, 1.165) is 33.9 Å². The Hall–Kier alpha value is -3.37. The molecule has 0 N–H and O–H groups in total. The van der Waals surface area contributed by atoms with Gasteiger partial charge >= 0.3 is 0 Å². The molecule has 0 fully saturated rings. The Morgan fingerprint density at radius 1 is 1.00 bits per heavy atom. The van der Waals surface area contributed by atoms with E-state index in [0.29, 0.717) is 5.02 Å². The Bertz CT molecular complexity index is 1090. The van der Waals surface area contributed by atoms with E-state index < -0.39 is 0 Å². The van der Waals surface area contributed by atoms with Crippen LogP contribution in [0.25, 0.3) is 17.0 Å². The SMILES string of the molecule is C=C1C=CC(c2ccnn2-c2ccc(Cl)cc2)=CN1/C(=C\C)c1ccncc1. The normalized spacial score (nSPS) is 14.4. The first kappa shape index (κ1) is 18.0. The molecule has 1 aromatic carbocycles. The topological polar surface area (TPSA) is 34.0 Å². The van der Waals surface area contributed by atoms with Gasteiger partial charge in [0.05, 0.1) is 17.6 Å². The van der Waals surface area contributed by atoms with E-state index in [2.05, 4.69) is 39.9 Å². The molecule has 0 bridgehead atoms. The summed E-state index contributed by atoms with van der Waals surface area (Å²) in [6.45, 7) is 6.22. The third-order valence-electron chi connectivity index (χ3n) is 4.55. The van der Waals surface area contributed by atoms with Crippen LogP contribution in [-0.2, 0) is 0 Å². The summed E-state index contributed by atoms with van der Waals surface area (Å²) in [6.07, 6.45) is 13.6. The van der Waals surface area contributed by atoms with E-state index in [1.54, 1.807) is 18.6 Å². The number of benzene rings is 1. The zero-order chi connectivity index (χ0) is 19.5. The summed E-state index contributed by atoms with van der Waals surface area (Å²) < 4.78 is 1.90. The molecule has 4 rings (SSSR count). The lowest BCUT2D eigenvalue weighted by Crippen LogP contribution is -2.17. The second-order valence-corrected chi connectivity index (χ2v) is 6.73. The molecule has 0 spiro atoms. The van der Waals surface area contributed by atoms with E-state index in [4.69, 9.17) is 11.6 Å². The lowest BCUT2D eigenvalue weighted by molar-refractivity contribution is 0.678. The highest BCUT2D eigenvalue weighted by atomic mass is 35.5. The van der Waals surface area contributed by atoms with Crippen LogP contribution in [0.2, 0.25) is 5.02 Å². The van der Waals surface area contributed by atoms with Crippen LogP contribution >= 0.6 is 11.6 Å². The highest BCUT2D eigenvalue weighted by molar-refractivity contribution is 6.30. The lowest BCUT2D eigenvalue weighted by Gasteiger charge is -2.28. The number of nitrogens with zero attached hydrogens (tertiary/aromatic N) is 4. The monoisotopic (exact) mass is 386 g/mol. The molecule has 138 valence electrons. The third-order valence-corrected chi connectivity index (χ3v) is 4.80. The van der Waals surface area contributed by atoms with Gasteiger partial charge in [0.25, 0.3) is 0 Å². The molecule has 1 aliphatic rings. The van der Waals surface area contributed by atoms with Gasteiger partial charge in [-0.25, -0.2) is 4.68 Å². The van der Waals surface area contributed by atoms with Crippen molar-refractivity contribution in [1.82, 2.24) is 19.7 Å². The Kier molecular flexibility index (Phi) is 4.96. The summed E-state index contributed by atoms with van der Waals surface area (Å²) in [4.78, 5) is 6.20. The second kappa shape index (κ2) is 7.71. The first-order chi connectivity index (χ1) is 13.7. The number of allylic oxidation sites excluding steroid dienone is 4. The molecule has 0 aliphatic carbocycles. The van der Waals surface area contributed by atoms with E-state index in [-0.39, 0.29) is 0 Å². The minimum absolute atomic E-state index is 0.701. The quantitative estimate of drug-likeness (QED) is 0.576. The minimum atomic E-state index is 0.701. The summed E-state index contributed by atoms with van der Waals surface area (Å²) in [5.41, 5.74) is 6.00. The molecule has 0 saturated carbocycles. The molecule has 2 aromatic heterocycles. The van der Waals surface area contributed by atoms with E-state index >= 15 is 0 Å². The molecule has 3 heterocycles. The number of hydrogen-bond acceptors (Lipinski definition) is 3. The van der Waals surface area contributed by atoms with Crippen LogP contribution in [-0.4, -0.2) is 19.7 Å². The van der Waals surface area contributed by atoms with Crippen LogP contribution < -0.4 is 0 Å². The summed E-state index contributed by atoms with van der Waals surface area (Å²) in [5.74, 6) is 0. The molecule has 0 radical (unpaired) electrons. The van der Waals surface area contributed by atoms with E-state index in [1.165, 1.54) is 0 Å². The standard InChI is InChI=1S/C23H19ClN4/c1-3-22(18-10-13-25-14-11-18)27-16-19(5-4-17(27)2)23-12-15-26-28(23)21-8-6-20(24)7-9-21/h3-16H,2H2,1H3/b22-3-. The third kappa shape index (κ3) is 3.42. The minimum Gasteiger partial charge on any atom is -0.317 e. The largest absolute Gasteiger partial charge is 0.317 e. The molecule has 1 aliphatic heterocycles. The number of aromatic nitrogens is 3. The zero-order valence-corrected chi connectivity index (χ0v) is 16.2. The molecule has 0 atom stereocenters. The van der Waals surface area contributed by atoms with Gasteiger partial charge in [0.15, 0.2) is 0 Å². The smallest absolute Gasteiger partial charge is 0.0755 e. The predicted octanol–water partition coefficient (Wildman–Crippen LogP) is 5.71. The van der Waals surface area contributed by atoms with Crippen LogP contribution in [0.3, 0.4) is 0 Å². The Labute approximate surface area is 169 Å². The summed E-state index contributed by atoms with van der Waals surface area (Å²) in [7, 11) is 0. The van der Waals surface area contributed by atoms with Gasteiger partial charge in [-0.15, -0.1) is 0 Å². The number of halogens is 1. The maximum absolute atomic E-state index is 6.03. The van der Waals surface area contributed by atoms with Crippen LogP contribution in [0.5, 0.6) is 0 Å². The van der Waals surface area contributed by atoms with Crippen molar-refractivity contribution in [1.29, 1.82) is 0 Å². The van der Waals surface area contributed by atoms with Gasteiger partial charge in [0, 0.05) is 46.1 Å². The molecule has 3 aromatic rings. The second-order valence-electron chi connectivity index (χ2n) is 6.29. The fourth-order valence-electron chi connectivity index (χ4n) is 3.18. The Balaban J connectivity index is 1.74. The maximum Gasteiger partial charge on any atom is 0.0755 e. The average Bonchev–Trinajstić information content (AvgIpc) is 3.21.